The maximum absolute atomic E-state index is 12.7. The van der Waals surface area contributed by atoms with Crippen molar-refractivity contribution < 1.29 is 14.7 Å². The summed E-state index contributed by atoms with van der Waals surface area (Å²) in [4.78, 5) is 42.4. The van der Waals surface area contributed by atoms with Crippen molar-refractivity contribution in [2.45, 2.75) is 31.7 Å². The highest BCUT2D eigenvalue weighted by Crippen LogP contribution is 2.45. The fraction of sp³-hybridized carbons (Fsp3) is 0.611. The summed E-state index contributed by atoms with van der Waals surface area (Å²) in [6, 6.07) is 3.32. The second-order valence-corrected chi connectivity index (χ2v) is 7.65. The first kappa shape index (κ1) is 16.3. The Morgan fingerprint density at radius 2 is 1.92 bits per heavy atom. The molecule has 1 amide bonds. The van der Waals surface area contributed by atoms with Gasteiger partial charge in [0.05, 0.1) is 5.56 Å². The summed E-state index contributed by atoms with van der Waals surface area (Å²) < 4.78 is 0. The lowest BCUT2D eigenvalue weighted by Crippen LogP contribution is -2.43. The first-order chi connectivity index (χ1) is 12.0. The first-order valence-electron chi connectivity index (χ1n) is 8.95. The van der Waals surface area contributed by atoms with Gasteiger partial charge in [0, 0.05) is 50.4 Å². The Morgan fingerprint density at radius 1 is 1.16 bits per heavy atom. The lowest BCUT2D eigenvalue weighted by atomic mass is 9.81. The van der Waals surface area contributed by atoms with Crippen LogP contribution in [0.1, 0.15) is 36.0 Å². The van der Waals surface area contributed by atoms with Gasteiger partial charge in [0.1, 0.15) is 5.41 Å². The number of likely N-dealkylation sites (tertiary alicyclic amines) is 2. The van der Waals surface area contributed by atoms with E-state index in [4.69, 9.17) is 0 Å². The molecule has 3 fully saturated rings. The van der Waals surface area contributed by atoms with Crippen LogP contribution in [0, 0.1) is 11.3 Å². The number of hydrogen-bond acceptors (Lipinski definition) is 4. The van der Waals surface area contributed by atoms with Crippen LogP contribution in [0.15, 0.2) is 23.1 Å². The van der Waals surface area contributed by atoms with Crippen LogP contribution in [-0.2, 0) is 4.79 Å². The van der Waals surface area contributed by atoms with Crippen LogP contribution >= 0.6 is 0 Å². The van der Waals surface area contributed by atoms with Crippen LogP contribution in [0.25, 0.3) is 0 Å². The van der Waals surface area contributed by atoms with E-state index in [0.717, 1.165) is 19.4 Å². The highest BCUT2D eigenvalue weighted by Gasteiger charge is 2.59. The van der Waals surface area contributed by atoms with Crippen molar-refractivity contribution in [2.24, 2.45) is 11.3 Å². The van der Waals surface area contributed by atoms with Gasteiger partial charge in [0.2, 0.25) is 5.56 Å². The summed E-state index contributed by atoms with van der Waals surface area (Å²) in [6.07, 6.45) is 6.16. The van der Waals surface area contributed by atoms with E-state index in [1.807, 2.05) is 0 Å². The molecule has 2 N–H and O–H groups in total. The number of H-pyrrole nitrogens is 1. The number of pyridine rings is 1. The van der Waals surface area contributed by atoms with Gasteiger partial charge < -0.3 is 15.0 Å². The minimum Gasteiger partial charge on any atom is -0.481 e. The minimum atomic E-state index is -0.861. The van der Waals surface area contributed by atoms with Crippen LogP contribution in [0.5, 0.6) is 0 Å². The third-order valence-electron chi connectivity index (χ3n) is 6.22. The number of rotatable bonds is 3. The Kier molecular flexibility index (Phi) is 3.91. The van der Waals surface area contributed by atoms with E-state index in [9.17, 15) is 19.5 Å². The molecule has 3 aliphatic rings. The largest absolute Gasteiger partial charge is 0.481 e. The van der Waals surface area contributed by atoms with Gasteiger partial charge in [-0.15, -0.1) is 0 Å². The molecule has 3 heterocycles. The number of nitrogens with one attached hydrogen (secondary N) is 1. The molecule has 2 saturated heterocycles. The summed E-state index contributed by atoms with van der Waals surface area (Å²) in [5, 5.41) is 9.93. The molecular formula is C18H23N3O4. The number of nitrogens with zero attached hydrogens (tertiary/aromatic N) is 2. The Hall–Kier alpha value is -2.15. The van der Waals surface area contributed by atoms with Gasteiger partial charge in [0.25, 0.3) is 5.91 Å². The second kappa shape index (κ2) is 5.98. The van der Waals surface area contributed by atoms with Crippen molar-refractivity contribution in [1.82, 2.24) is 14.8 Å². The van der Waals surface area contributed by atoms with Crippen LogP contribution in [0.2, 0.25) is 0 Å². The predicted molar refractivity (Wildman–Crippen MR) is 90.4 cm³/mol. The molecule has 1 aliphatic carbocycles. The number of carbonyl (C=O) groups is 2. The lowest BCUT2D eigenvalue weighted by molar-refractivity contribution is -0.148. The zero-order valence-corrected chi connectivity index (χ0v) is 14.1. The number of carboxylic acid groups (broad SMARTS) is 1. The Bertz CT molecular complexity index is 734. The Morgan fingerprint density at radius 3 is 2.52 bits per heavy atom. The molecule has 0 spiro atoms. The summed E-state index contributed by atoms with van der Waals surface area (Å²) in [5.74, 6) is -1.04. The number of fused-ring (bicyclic) bond motifs is 1. The third kappa shape index (κ3) is 2.66. The smallest absolute Gasteiger partial charge is 0.313 e. The molecule has 1 saturated carbocycles. The van der Waals surface area contributed by atoms with Crippen LogP contribution < -0.4 is 5.56 Å². The zero-order chi connectivity index (χ0) is 17.6. The molecule has 2 atom stereocenters. The summed E-state index contributed by atoms with van der Waals surface area (Å²) in [7, 11) is 0. The number of aromatic nitrogens is 1. The van der Waals surface area contributed by atoms with E-state index < -0.39 is 11.4 Å². The van der Waals surface area contributed by atoms with Crippen molar-refractivity contribution in [1.29, 1.82) is 0 Å². The minimum absolute atomic E-state index is 0.0303. The van der Waals surface area contributed by atoms with E-state index in [0.29, 0.717) is 24.7 Å². The molecule has 7 nitrogen and oxygen atoms in total. The maximum Gasteiger partial charge on any atom is 0.313 e. The molecule has 1 aromatic rings. The van der Waals surface area contributed by atoms with Crippen molar-refractivity contribution >= 4 is 11.9 Å². The first-order valence-corrected chi connectivity index (χ1v) is 8.95. The fourth-order valence-electron chi connectivity index (χ4n) is 4.83. The van der Waals surface area contributed by atoms with Crippen molar-refractivity contribution in [3.05, 3.63) is 34.2 Å². The number of carbonyl (C=O) groups excluding carboxylic acids is 1. The molecule has 4 rings (SSSR count). The van der Waals surface area contributed by atoms with E-state index in [-0.39, 0.29) is 23.9 Å². The molecule has 0 aromatic carbocycles. The topological polar surface area (TPSA) is 93.7 Å². The van der Waals surface area contributed by atoms with Gasteiger partial charge in [-0.3, -0.25) is 19.3 Å². The lowest BCUT2D eigenvalue weighted by Gasteiger charge is -2.28. The molecule has 1 aromatic heterocycles. The second-order valence-electron chi connectivity index (χ2n) is 7.65. The maximum atomic E-state index is 12.7. The van der Waals surface area contributed by atoms with Gasteiger partial charge in [-0.2, -0.15) is 0 Å². The molecule has 7 heteroatoms. The third-order valence-corrected chi connectivity index (χ3v) is 6.22. The zero-order valence-electron chi connectivity index (χ0n) is 14.1. The fourth-order valence-corrected chi connectivity index (χ4v) is 4.83. The van der Waals surface area contributed by atoms with Gasteiger partial charge >= 0.3 is 5.97 Å². The van der Waals surface area contributed by atoms with E-state index in [1.165, 1.54) is 31.2 Å². The highest BCUT2D eigenvalue weighted by atomic mass is 16.4. The van der Waals surface area contributed by atoms with Gasteiger partial charge in [-0.05, 0) is 18.9 Å². The Balaban J connectivity index is 1.53. The van der Waals surface area contributed by atoms with Crippen molar-refractivity contribution in [3.8, 4) is 0 Å². The predicted octanol–water partition coefficient (Wildman–Crippen LogP) is 0.776. The summed E-state index contributed by atoms with van der Waals surface area (Å²) >= 11 is 0. The SMILES string of the molecule is O=C(c1ccc(=O)[nH]c1)N1C[C@@H]2CN(C3CCCC3)C[C@]2(C(=O)O)C1. The number of hydrogen-bond donors (Lipinski definition) is 2. The normalized spacial score (nSPS) is 29.9. The number of carboxylic acids is 1. The van der Waals surface area contributed by atoms with Gasteiger partial charge in [0.15, 0.2) is 0 Å². The van der Waals surface area contributed by atoms with Gasteiger partial charge in [-0.1, -0.05) is 12.8 Å². The monoisotopic (exact) mass is 345 g/mol. The average molecular weight is 345 g/mol. The highest BCUT2D eigenvalue weighted by molar-refractivity contribution is 5.95. The number of aliphatic carboxylic acids is 1. The van der Waals surface area contributed by atoms with E-state index >= 15 is 0 Å². The standard InChI is InChI=1S/C18H23N3O4/c22-15-6-5-12(7-19-15)16(23)21-9-13-8-20(14-3-1-2-4-14)10-18(13,11-21)17(24)25/h5-7,13-14H,1-4,8-11H2,(H,19,22)(H,24,25)/t13-,18-/m0/s1. The molecule has 0 radical (unpaired) electrons. The van der Waals surface area contributed by atoms with Crippen LogP contribution in [0.3, 0.4) is 0 Å². The molecule has 134 valence electrons. The van der Waals surface area contributed by atoms with Crippen molar-refractivity contribution in [2.75, 3.05) is 26.2 Å². The van der Waals surface area contributed by atoms with E-state index in [2.05, 4.69) is 9.88 Å². The molecule has 25 heavy (non-hydrogen) atoms. The molecular weight excluding hydrogens is 322 g/mol. The quantitative estimate of drug-likeness (QED) is 0.844. The number of aromatic amines is 1. The average Bonchev–Trinajstić information content (AvgIpc) is 3.28. The van der Waals surface area contributed by atoms with Crippen LogP contribution in [-0.4, -0.2) is 64.0 Å². The summed E-state index contributed by atoms with van der Waals surface area (Å²) in [6.45, 7) is 2.00. The molecule has 2 aliphatic heterocycles. The van der Waals surface area contributed by atoms with Gasteiger partial charge in [-0.25, -0.2) is 0 Å². The van der Waals surface area contributed by atoms with E-state index in [1.54, 1.807) is 4.90 Å². The Labute approximate surface area is 145 Å². The van der Waals surface area contributed by atoms with Crippen molar-refractivity contribution in [3.63, 3.8) is 0 Å². The molecule has 0 unspecified atom stereocenters. The summed E-state index contributed by atoms with van der Waals surface area (Å²) in [5.41, 5.74) is -0.725. The van der Waals surface area contributed by atoms with Crippen LogP contribution in [0.4, 0.5) is 0 Å². The molecule has 0 bridgehead atoms. The number of amides is 1.